The van der Waals surface area contributed by atoms with Crippen LogP contribution in [0.5, 0.6) is 11.5 Å². The molecule has 1 aromatic heterocycles. The summed E-state index contributed by atoms with van der Waals surface area (Å²) in [6, 6.07) is 5.02. The Kier molecular flexibility index (Phi) is 5.21. The molecule has 28 heavy (non-hydrogen) atoms. The largest absolute Gasteiger partial charge is 0.872 e. The van der Waals surface area contributed by atoms with E-state index >= 15 is 0 Å². The van der Waals surface area contributed by atoms with E-state index in [1.165, 1.54) is 17.2 Å². The van der Waals surface area contributed by atoms with Crippen molar-refractivity contribution in [3.63, 3.8) is 0 Å². The van der Waals surface area contributed by atoms with Gasteiger partial charge in [0.05, 0.1) is 31.5 Å². The maximum atomic E-state index is 12.8. The first-order chi connectivity index (χ1) is 13.6. The summed E-state index contributed by atoms with van der Waals surface area (Å²) in [6.45, 7) is 6.64. The summed E-state index contributed by atoms with van der Waals surface area (Å²) in [6.07, 6.45) is 3.10. The molecule has 2 aliphatic rings. The van der Waals surface area contributed by atoms with Gasteiger partial charge in [-0.15, -0.1) is 0 Å². The zero-order valence-corrected chi connectivity index (χ0v) is 15.9. The van der Waals surface area contributed by atoms with E-state index < -0.39 is 0 Å². The highest BCUT2D eigenvalue weighted by Gasteiger charge is 2.33. The maximum Gasteiger partial charge on any atom is 0.232 e. The van der Waals surface area contributed by atoms with Crippen LogP contribution in [0.4, 0.5) is 0 Å². The first-order valence-corrected chi connectivity index (χ1v) is 9.55. The molecule has 7 heteroatoms. The number of Topliss-reactive ketones (excluding diaryl/α,β-unsaturated/α-hetero) is 1. The van der Waals surface area contributed by atoms with Crippen molar-refractivity contribution in [3.8, 4) is 11.5 Å². The molecule has 1 aromatic carbocycles. The number of ether oxygens (including phenoxy) is 1. The van der Waals surface area contributed by atoms with Gasteiger partial charge in [0, 0.05) is 31.3 Å². The van der Waals surface area contributed by atoms with Crippen LogP contribution in [0.2, 0.25) is 0 Å². The molecule has 0 bridgehead atoms. The zero-order chi connectivity index (χ0) is 19.7. The molecule has 0 unspecified atom stereocenters. The number of ketones is 1. The molecule has 0 saturated carbocycles. The third-order valence-corrected chi connectivity index (χ3v) is 5.43. The van der Waals surface area contributed by atoms with E-state index in [9.17, 15) is 9.90 Å². The van der Waals surface area contributed by atoms with Crippen LogP contribution in [0.15, 0.2) is 34.6 Å². The van der Waals surface area contributed by atoms with Crippen LogP contribution in [0.1, 0.15) is 27.2 Å². The summed E-state index contributed by atoms with van der Waals surface area (Å²) in [5, 5.41) is 21.8. The van der Waals surface area contributed by atoms with Crippen molar-refractivity contribution in [2.24, 2.45) is 0 Å². The molecule has 0 radical (unpaired) electrons. The number of fused-ring (bicyclic) bond motifs is 1. The fourth-order valence-electron chi connectivity index (χ4n) is 3.90. The molecule has 0 atom stereocenters. The SMILES string of the molecule is Cc1cc([O-])c(C[NH+]2CCN(CCO)CC2)c2c1C(=O)C(=Cc1ccco1)O2. The minimum absolute atomic E-state index is 0.0893. The van der Waals surface area contributed by atoms with Gasteiger partial charge in [-0.3, -0.25) is 9.69 Å². The molecule has 2 N–H and O–H groups in total. The van der Waals surface area contributed by atoms with E-state index in [-0.39, 0.29) is 23.9 Å². The molecular formula is C21H24N2O5. The number of furan rings is 1. The van der Waals surface area contributed by atoms with E-state index in [1.807, 2.05) is 0 Å². The number of piperazine rings is 1. The second-order valence-corrected chi connectivity index (χ2v) is 7.32. The van der Waals surface area contributed by atoms with Gasteiger partial charge in [0.25, 0.3) is 0 Å². The molecule has 148 valence electrons. The van der Waals surface area contributed by atoms with Gasteiger partial charge in [0.15, 0.2) is 5.76 Å². The topological polar surface area (TPSA) is 90.4 Å². The maximum absolute atomic E-state index is 12.8. The molecule has 4 rings (SSSR count). The number of rotatable bonds is 5. The zero-order valence-electron chi connectivity index (χ0n) is 15.9. The number of aliphatic hydroxyl groups excluding tert-OH is 1. The lowest BCUT2D eigenvalue weighted by Crippen LogP contribution is -3.13. The number of nitrogens with one attached hydrogen (secondary N) is 1. The Morgan fingerprint density at radius 3 is 2.82 bits per heavy atom. The lowest BCUT2D eigenvalue weighted by molar-refractivity contribution is -0.918. The van der Waals surface area contributed by atoms with Crippen molar-refractivity contribution in [1.29, 1.82) is 0 Å². The number of allylic oxidation sites excluding steroid dienone is 1. The van der Waals surface area contributed by atoms with E-state index in [0.717, 1.165) is 26.2 Å². The van der Waals surface area contributed by atoms with Gasteiger partial charge in [-0.05, 0) is 24.6 Å². The summed E-state index contributed by atoms with van der Waals surface area (Å²) in [7, 11) is 0. The number of nitrogens with zero attached hydrogens (tertiary/aromatic N) is 1. The summed E-state index contributed by atoms with van der Waals surface area (Å²) in [5.41, 5.74) is 1.67. The molecule has 1 fully saturated rings. The number of carbonyl (C=O) groups is 1. The highest BCUT2D eigenvalue weighted by molar-refractivity contribution is 6.15. The Morgan fingerprint density at radius 2 is 2.14 bits per heavy atom. The van der Waals surface area contributed by atoms with E-state index in [4.69, 9.17) is 14.3 Å². The first-order valence-electron chi connectivity index (χ1n) is 9.55. The normalized spacial score (nSPS) is 19.2. The van der Waals surface area contributed by atoms with Crippen LogP contribution < -0.4 is 14.7 Å². The Hall–Kier alpha value is -2.61. The lowest BCUT2D eigenvalue weighted by Gasteiger charge is -2.32. The van der Waals surface area contributed by atoms with Crippen LogP contribution in [-0.4, -0.2) is 55.1 Å². The molecule has 7 nitrogen and oxygen atoms in total. The number of carbonyl (C=O) groups excluding carboxylic acids is 1. The van der Waals surface area contributed by atoms with Crippen LogP contribution in [-0.2, 0) is 6.54 Å². The van der Waals surface area contributed by atoms with Gasteiger partial charge in [-0.1, -0.05) is 11.8 Å². The number of hydrogen-bond donors (Lipinski definition) is 2. The molecule has 0 spiro atoms. The summed E-state index contributed by atoms with van der Waals surface area (Å²) in [5.74, 6) is 0.811. The van der Waals surface area contributed by atoms with Gasteiger partial charge in [-0.2, -0.15) is 0 Å². The van der Waals surface area contributed by atoms with Crippen molar-refractivity contribution >= 4 is 11.9 Å². The van der Waals surface area contributed by atoms with E-state index in [1.54, 1.807) is 25.1 Å². The average molecular weight is 384 g/mol. The summed E-state index contributed by atoms with van der Waals surface area (Å²) < 4.78 is 11.2. The third kappa shape index (κ3) is 3.56. The Bertz CT molecular complexity index is 896. The molecule has 3 heterocycles. The van der Waals surface area contributed by atoms with Crippen molar-refractivity contribution < 1.29 is 29.1 Å². The average Bonchev–Trinajstić information content (AvgIpc) is 3.29. The monoisotopic (exact) mass is 384 g/mol. The lowest BCUT2D eigenvalue weighted by atomic mass is 9.99. The fourth-order valence-corrected chi connectivity index (χ4v) is 3.90. The third-order valence-electron chi connectivity index (χ3n) is 5.43. The number of aryl methyl sites for hydroxylation is 1. The second kappa shape index (κ2) is 7.79. The van der Waals surface area contributed by atoms with Crippen LogP contribution in [0, 0.1) is 6.92 Å². The number of hydrogen-bond acceptors (Lipinski definition) is 6. The minimum atomic E-state index is -0.215. The molecule has 0 aliphatic carbocycles. The standard InChI is InChI=1S/C21H24N2O5/c1-14-11-17(25)16(13-23-6-4-22(5-7-23)8-9-24)21-19(14)20(26)18(28-21)12-15-3-2-10-27-15/h2-3,10-12,24-25H,4-9,13H2,1H3. The molecular weight excluding hydrogens is 360 g/mol. The van der Waals surface area contributed by atoms with Gasteiger partial charge in [-0.25, -0.2) is 0 Å². The Balaban J connectivity index is 1.59. The van der Waals surface area contributed by atoms with Crippen LogP contribution in [0.3, 0.4) is 0 Å². The predicted octanol–water partition coefficient (Wildman–Crippen LogP) is -0.0294. The molecule has 0 amide bonds. The molecule has 2 aromatic rings. The summed E-state index contributed by atoms with van der Waals surface area (Å²) in [4.78, 5) is 16.3. The van der Waals surface area contributed by atoms with Crippen LogP contribution in [0.25, 0.3) is 6.08 Å². The van der Waals surface area contributed by atoms with E-state index in [0.29, 0.717) is 41.3 Å². The number of benzene rings is 1. The molecule has 1 saturated heterocycles. The highest BCUT2D eigenvalue weighted by Crippen LogP contribution is 2.40. The summed E-state index contributed by atoms with van der Waals surface area (Å²) >= 11 is 0. The van der Waals surface area contributed by atoms with Gasteiger partial charge >= 0.3 is 0 Å². The van der Waals surface area contributed by atoms with Crippen molar-refractivity contribution in [3.05, 3.63) is 52.7 Å². The number of β-amino-alcohol motifs (C(OH)–C–C–N with tert-alkyl or cyclic N) is 1. The number of quaternary nitrogens is 1. The second-order valence-electron chi connectivity index (χ2n) is 7.32. The predicted molar refractivity (Wildman–Crippen MR) is 100 cm³/mol. The quantitative estimate of drug-likeness (QED) is 0.704. The minimum Gasteiger partial charge on any atom is -0.872 e. The number of aliphatic hydroxyl groups is 1. The van der Waals surface area contributed by atoms with Crippen molar-refractivity contribution in [1.82, 2.24) is 4.90 Å². The van der Waals surface area contributed by atoms with Gasteiger partial charge < -0.3 is 24.3 Å². The molecule has 2 aliphatic heterocycles. The fraction of sp³-hybridized carbons (Fsp3) is 0.381. The Labute approximate surface area is 163 Å². The smallest absolute Gasteiger partial charge is 0.232 e. The Morgan fingerprint density at radius 1 is 1.36 bits per heavy atom. The highest BCUT2D eigenvalue weighted by atomic mass is 16.5. The van der Waals surface area contributed by atoms with Gasteiger partial charge in [0.1, 0.15) is 18.1 Å². The van der Waals surface area contributed by atoms with E-state index in [2.05, 4.69) is 4.90 Å². The van der Waals surface area contributed by atoms with Crippen molar-refractivity contribution in [2.45, 2.75) is 13.5 Å². The first kappa shape index (κ1) is 18.7. The van der Waals surface area contributed by atoms with Crippen molar-refractivity contribution in [2.75, 3.05) is 39.3 Å². The van der Waals surface area contributed by atoms with Crippen LogP contribution >= 0.6 is 0 Å². The van der Waals surface area contributed by atoms with Gasteiger partial charge in [0.2, 0.25) is 5.78 Å².